The molecule has 142 valence electrons. The Bertz CT molecular complexity index is 1010. The number of carbonyl (C=O) groups is 1. The Kier molecular flexibility index (Phi) is 5.08. The molecule has 3 aromatic rings. The molecule has 5 N–H and O–H groups in total. The van der Waals surface area contributed by atoms with Crippen LogP contribution in [0.2, 0.25) is 0 Å². The topological polar surface area (TPSA) is 94.0 Å². The summed E-state index contributed by atoms with van der Waals surface area (Å²) in [5.41, 5.74) is 17.0. The summed E-state index contributed by atoms with van der Waals surface area (Å²) in [6.45, 7) is 2.12. The molecule has 28 heavy (non-hydrogen) atoms. The van der Waals surface area contributed by atoms with Crippen LogP contribution in [0.1, 0.15) is 34.7 Å². The van der Waals surface area contributed by atoms with Crippen LogP contribution >= 0.6 is 0 Å². The van der Waals surface area contributed by atoms with Crippen LogP contribution < -0.4 is 16.8 Å². The van der Waals surface area contributed by atoms with Gasteiger partial charge in [0.05, 0.1) is 0 Å². The highest BCUT2D eigenvalue weighted by Gasteiger charge is 2.17. The molecule has 1 aliphatic heterocycles. The molecule has 0 bridgehead atoms. The van der Waals surface area contributed by atoms with Crippen LogP contribution in [0.3, 0.4) is 0 Å². The summed E-state index contributed by atoms with van der Waals surface area (Å²) in [6.07, 6.45) is 4.09. The van der Waals surface area contributed by atoms with Crippen molar-refractivity contribution in [3.05, 3.63) is 71.9 Å². The Morgan fingerprint density at radius 3 is 2.54 bits per heavy atom. The van der Waals surface area contributed by atoms with Crippen molar-refractivity contribution in [1.82, 2.24) is 10.3 Å². The molecule has 4 rings (SSSR count). The average molecular weight is 372 g/mol. The molecule has 1 aromatic heterocycles. The highest BCUT2D eigenvalue weighted by atomic mass is 16.1. The van der Waals surface area contributed by atoms with E-state index in [2.05, 4.69) is 34.6 Å². The minimum absolute atomic E-state index is 0.381. The summed E-state index contributed by atoms with van der Waals surface area (Å²) in [7, 11) is 0. The maximum Gasteiger partial charge on any atom is 0.249 e. The number of nitrogens with two attached hydrogens (primary N) is 2. The number of benzene rings is 2. The van der Waals surface area contributed by atoms with Gasteiger partial charge >= 0.3 is 0 Å². The maximum absolute atomic E-state index is 11.8. The third-order valence-corrected chi connectivity index (χ3v) is 5.43. The Balaban J connectivity index is 1.75. The number of primary amides is 1. The van der Waals surface area contributed by atoms with Crippen molar-refractivity contribution >= 4 is 11.7 Å². The largest absolute Gasteiger partial charge is 0.383 e. The van der Waals surface area contributed by atoms with Gasteiger partial charge in [0, 0.05) is 22.9 Å². The molecule has 0 spiro atoms. The third kappa shape index (κ3) is 3.62. The zero-order valence-electron chi connectivity index (χ0n) is 15.7. The summed E-state index contributed by atoms with van der Waals surface area (Å²) in [6, 6.07) is 17.8. The highest BCUT2D eigenvalue weighted by Crippen LogP contribution is 2.33. The smallest absolute Gasteiger partial charge is 0.249 e. The van der Waals surface area contributed by atoms with Gasteiger partial charge in [0.15, 0.2) is 0 Å². The zero-order chi connectivity index (χ0) is 19.5. The molecule has 2 aromatic carbocycles. The van der Waals surface area contributed by atoms with Crippen LogP contribution in [0.5, 0.6) is 0 Å². The van der Waals surface area contributed by atoms with Crippen molar-refractivity contribution in [2.75, 3.05) is 18.8 Å². The van der Waals surface area contributed by atoms with E-state index in [9.17, 15) is 4.79 Å². The number of hydrogen-bond donors (Lipinski definition) is 3. The molecule has 1 fully saturated rings. The van der Waals surface area contributed by atoms with E-state index in [1.807, 2.05) is 18.2 Å². The van der Waals surface area contributed by atoms with Crippen LogP contribution in [0, 0.1) is 0 Å². The van der Waals surface area contributed by atoms with Gasteiger partial charge in [-0.25, -0.2) is 4.98 Å². The van der Waals surface area contributed by atoms with E-state index < -0.39 is 5.91 Å². The van der Waals surface area contributed by atoms with Gasteiger partial charge in [-0.2, -0.15) is 0 Å². The molecule has 0 aliphatic carbocycles. The second-order valence-electron chi connectivity index (χ2n) is 7.22. The minimum atomic E-state index is -0.478. The standard InChI is InChI=1S/C23H24N4O/c24-22-21(19-6-1-2-7-20(19)23(25)28)13-18(14-27-22)17-5-3-4-16(12-17)15-8-10-26-11-9-15/h1-7,12-15,26H,8-11H2,(H2,24,27)(H2,25,28). The van der Waals surface area contributed by atoms with Crippen LogP contribution in [0.15, 0.2) is 60.8 Å². The molecule has 0 atom stereocenters. The molecule has 1 saturated heterocycles. The SMILES string of the molecule is NC(=O)c1ccccc1-c1cc(-c2cccc(C3CCNCC3)c2)cnc1N. The Morgan fingerprint density at radius 2 is 1.75 bits per heavy atom. The summed E-state index contributed by atoms with van der Waals surface area (Å²) >= 11 is 0. The summed E-state index contributed by atoms with van der Waals surface area (Å²) in [5.74, 6) is 0.485. The molecule has 0 saturated carbocycles. The van der Waals surface area contributed by atoms with E-state index in [1.165, 1.54) is 5.56 Å². The van der Waals surface area contributed by atoms with E-state index in [0.717, 1.165) is 42.6 Å². The lowest BCUT2D eigenvalue weighted by molar-refractivity contribution is 0.100. The molecule has 0 unspecified atom stereocenters. The van der Waals surface area contributed by atoms with Gasteiger partial charge in [-0.1, -0.05) is 42.5 Å². The normalized spacial score (nSPS) is 14.7. The van der Waals surface area contributed by atoms with Gasteiger partial charge < -0.3 is 16.8 Å². The van der Waals surface area contributed by atoms with E-state index in [-0.39, 0.29) is 0 Å². The van der Waals surface area contributed by atoms with Gasteiger partial charge in [-0.05, 0) is 60.7 Å². The predicted octanol–water partition coefficient (Wildman–Crippen LogP) is 3.56. The number of pyridine rings is 1. The first-order valence-electron chi connectivity index (χ1n) is 9.59. The summed E-state index contributed by atoms with van der Waals surface area (Å²) in [4.78, 5) is 16.2. The molecule has 5 nitrogen and oxygen atoms in total. The molecule has 1 amide bonds. The van der Waals surface area contributed by atoms with Crippen LogP contribution in [0.25, 0.3) is 22.3 Å². The van der Waals surface area contributed by atoms with Crippen molar-refractivity contribution in [3.63, 3.8) is 0 Å². The number of nitrogen functional groups attached to an aromatic ring is 1. The number of hydrogen-bond acceptors (Lipinski definition) is 4. The first-order valence-corrected chi connectivity index (χ1v) is 9.59. The zero-order valence-corrected chi connectivity index (χ0v) is 15.7. The van der Waals surface area contributed by atoms with Crippen molar-refractivity contribution in [2.45, 2.75) is 18.8 Å². The molecular formula is C23H24N4O. The van der Waals surface area contributed by atoms with Crippen LogP contribution in [-0.2, 0) is 0 Å². The highest BCUT2D eigenvalue weighted by molar-refractivity contribution is 6.01. The fourth-order valence-electron chi connectivity index (χ4n) is 3.91. The molecule has 2 heterocycles. The summed E-state index contributed by atoms with van der Waals surface area (Å²) < 4.78 is 0. The van der Waals surface area contributed by atoms with Crippen molar-refractivity contribution in [2.24, 2.45) is 5.73 Å². The minimum Gasteiger partial charge on any atom is -0.383 e. The quantitative estimate of drug-likeness (QED) is 0.653. The maximum atomic E-state index is 11.8. The van der Waals surface area contributed by atoms with Gasteiger partial charge in [-0.3, -0.25) is 4.79 Å². The number of carbonyl (C=O) groups excluding carboxylic acids is 1. The van der Waals surface area contributed by atoms with Crippen LogP contribution in [0.4, 0.5) is 5.82 Å². The summed E-state index contributed by atoms with van der Waals surface area (Å²) in [5, 5.41) is 3.42. The Labute approximate surface area is 164 Å². The molecule has 0 radical (unpaired) electrons. The number of amides is 1. The number of nitrogens with zero attached hydrogens (tertiary/aromatic N) is 1. The second kappa shape index (κ2) is 7.82. The monoisotopic (exact) mass is 372 g/mol. The first kappa shape index (κ1) is 18.2. The number of nitrogens with one attached hydrogen (secondary N) is 1. The van der Waals surface area contributed by atoms with Gasteiger partial charge in [0.2, 0.25) is 5.91 Å². The fourth-order valence-corrected chi connectivity index (χ4v) is 3.91. The van der Waals surface area contributed by atoms with Crippen molar-refractivity contribution in [1.29, 1.82) is 0 Å². The third-order valence-electron chi connectivity index (χ3n) is 5.43. The van der Waals surface area contributed by atoms with Gasteiger partial charge in [0.1, 0.15) is 5.82 Å². The second-order valence-corrected chi connectivity index (χ2v) is 7.22. The van der Waals surface area contributed by atoms with Crippen molar-refractivity contribution in [3.8, 4) is 22.3 Å². The van der Waals surface area contributed by atoms with Crippen LogP contribution in [-0.4, -0.2) is 24.0 Å². The number of anilines is 1. The lowest BCUT2D eigenvalue weighted by Crippen LogP contribution is -2.26. The van der Waals surface area contributed by atoms with E-state index in [1.54, 1.807) is 18.3 Å². The van der Waals surface area contributed by atoms with E-state index in [0.29, 0.717) is 22.9 Å². The lowest BCUT2D eigenvalue weighted by atomic mass is 9.88. The van der Waals surface area contributed by atoms with E-state index >= 15 is 0 Å². The number of aromatic nitrogens is 1. The molecule has 5 heteroatoms. The number of piperidine rings is 1. The Morgan fingerprint density at radius 1 is 0.964 bits per heavy atom. The van der Waals surface area contributed by atoms with E-state index in [4.69, 9.17) is 11.5 Å². The fraction of sp³-hybridized carbons (Fsp3) is 0.217. The predicted molar refractivity (Wildman–Crippen MR) is 113 cm³/mol. The van der Waals surface area contributed by atoms with Gasteiger partial charge in [-0.15, -0.1) is 0 Å². The van der Waals surface area contributed by atoms with Gasteiger partial charge in [0.25, 0.3) is 0 Å². The molecular weight excluding hydrogens is 348 g/mol. The molecule has 1 aliphatic rings. The first-order chi connectivity index (χ1) is 13.6. The number of rotatable bonds is 4. The Hall–Kier alpha value is -3.18. The van der Waals surface area contributed by atoms with Crippen molar-refractivity contribution < 1.29 is 4.79 Å². The average Bonchev–Trinajstić information content (AvgIpc) is 2.75. The lowest BCUT2D eigenvalue weighted by Gasteiger charge is -2.23.